The second kappa shape index (κ2) is 22.2. The van der Waals surface area contributed by atoms with Crippen LogP contribution in [0.15, 0.2) is 115 Å². The minimum atomic E-state index is -0.575. The molecule has 0 amide bonds. The van der Waals surface area contributed by atoms with Crippen molar-refractivity contribution >= 4 is 46.6 Å². The van der Waals surface area contributed by atoms with E-state index in [1.165, 1.54) is 6.07 Å². The fourth-order valence-electron chi connectivity index (χ4n) is 5.44. The van der Waals surface area contributed by atoms with Crippen molar-refractivity contribution < 1.29 is 38.0 Å². The monoisotopic (exact) mass is 826 g/mol. The van der Waals surface area contributed by atoms with Crippen LogP contribution in [-0.4, -0.2) is 87.0 Å². The molecule has 0 heterocycles. The Kier molecular flexibility index (Phi) is 16.5. The van der Waals surface area contributed by atoms with Gasteiger partial charge >= 0.3 is 11.9 Å². The van der Waals surface area contributed by atoms with Crippen LogP contribution in [0.2, 0.25) is 0 Å². The zero-order valence-corrected chi connectivity index (χ0v) is 34.5. The van der Waals surface area contributed by atoms with Gasteiger partial charge in [0.2, 0.25) is 0 Å². The SMILES string of the molecule is CC(C)(C)c1cc(C(=O)OCCOc2ccc(OCCNC(=S)NC3C=CC=C3)cc2)cc(C(=O)OCCOc2ccc(OCCNC(=S)NC3C=CC=C3)cc2)c1. The number of nitrogens with one attached hydrogen (secondary N) is 4. The maximum Gasteiger partial charge on any atom is 0.338 e. The summed E-state index contributed by atoms with van der Waals surface area (Å²) < 4.78 is 34.1. The molecule has 0 radical (unpaired) electrons. The van der Waals surface area contributed by atoms with Crippen molar-refractivity contribution in [2.75, 3.05) is 52.7 Å². The van der Waals surface area contributed by atoms with E-state index >= 15 is 0 Å². The Morgan fingerprint density at radius 1 is 0.534 bits per heavy atom. The normalized spacial score (nSPS) is 13.2. The lowest BCUT2D eigenvalue weighted by atomic mass is 9.85. The van der Waals surface area contributed by atoms with Gasteiger partial charge in [-0.15, -0.1) is 0 Å². The maximum atomic E-state index is 13.1. The highest BCUT2D eigenvalue weighted by Crippen LogP contribution is 2.26. The first-order chi connectivity index (χ1) is 28.0. The molecule has 12 nitrogen and oxygen atoms in total. The summed E-state index contributed by atoms with van der Waals surface area (Å²) in [6.07, 6.45) is 16.0. The van der Waals surface area contributed by atoms with E-state index in [0.717, 1.165) is 5.56 Å². The molecular weight excluding hydrogens is 777 g/mol. The van der Waals surface area contributed by atoms with Gasteiger partial charge in [0.25, 0.3) is 0 Å². The number of hydrogen-bond donors (Lipinski definition) is 4. The number of ether oxygens (including phenoxy) is 6. The lowest BCUT2D eigenvalue weighted by molar-refractivity contribution is 0.0447. The molecule has 0 atom stereocenters. The molecule has 2 aliphatic carbocycles. The number of thiocarbonyl (C=S) groups is 2. The molecule has 0 aromatic heterocycles. The second-order valence-corrected chi connectivity index (χ2v) is 14.9. The van der Waals surface area contributed by atoms with Gasteiger partial charge in [0.1, 0.15) is 62.6 Å². The smallest absolute Gasteiger partial charge is 0.338 e. The highest BCUT2D eigenvalue weighted by Gasteiger charge is 2.21. The van der Waals surface area contributed by atoms with Gasteiger partial charge in [-0.3, -0.25) is 0 Å². The summed E-state index contributed by atoms with van der Waals surface area (Å²) in [6.45, 7) is 8.22. The van der Waals surface area contributed by atoms with E-state index in [0.29, 0.717) is 59.5 Å². The topological polar surface area (TPSA) is 138 Å². The zero-order chi connectivity index (χ0) is 41.2. The van der Waals surface area contributed by atoms with Crippen molar-refractivity contribution in [3.8, 4) is 23.0 Å². The average Bonchev–Trinajstić information content (AvgIpc) is 3.94. The Labute approximate surface area is 350 Å². The van der Waals surface area contributed by atoms with Crippen LogP contribution in [0, 0.1) is 0 Å². The number of carbonyl (C=O) groups is 2. The Balaban J connectivity index is 0.982. The van der Waals surface area contributed by atoms with Gasteiger partial charge < -0.3 is 49.7 Å². The molecule has 0 saturated carbocycles. The third kappa shape index (κ3) is 14.9. The first-order valence-electron chi connectivity index (χ1n) is 19.0. The Morgan fingerprint density at radius 3 is 1.22 bits per heavy atom. The zero-order valence-electron chi connectivity index (χ0n) is 32.9. The molecule has 4 N–H and O–H groups in total. The highest BCUT2D eigenvalue weighted by atomic mass is 32.1. The van der Waals surface area contributed by atoms with Crippen LogP contribution in [0.4, 0.5) is 0 Å². The summed E-state index contributed by atoms with van der Waals surface area (Å²) in [5.41, 5.74) is 0.923. The molecule has 58 heavy (non-hydrogen) atoms. The molecule has 3 aromatic rings. The van der Waals surface area contributed by atoms with Crippen molar-refractivity contribution in [1.82, 2.24) is 21.3 Å². The summed E-state index contributed by atoms with van der Waals surface area (Å²) in [4.78, 5) is 26.2. The lowest BCUT2D eigenvalue weighted by Gasteiger charge is -2.21. The van der Waals surface area contributed by atoms with Gasteiger partial charge in [0.05, 0.1) is 36.3 Å². The highest BCUT2D eigenvalue weighted by molar-refractivity contribution is 7.80. The van der Waals surface area contributed by atoms with Crippen LogP contribution < -0.4 is 40.2 Å². The van der Waals surface area contributed by atoms with Crippen molar-refractivity contribution in [3.63, 3.8) is 0 Å². The molecule has 5 rings (SSSR count). The van der Waals surface area contributed by atoms with E-state index in [9.17, 15) is 9.59 Å². The summed E-state index contributed by atoms with van der Waals surface area (Å²) in [5, 5.41) is 13.7. The third-order valence-corrected chi connectivity index (χ3v) is 9.02. The standard InChI is InChI=1S/C44H50N4O8S2/c1-44(2,3)33-29-31(40(49)55-26-24-53-38-16-12-36(13-17-38)51-22-20-45-42(57)47-34-8-4-5-9-34)28-32(30-33)41(50)56-27-25-54-39-18-14-37(15-19-39)52-23-21-46-43(58)48-35-10-6-7-11-35/h4-19,28-30,34-35H,20-27H2,1-3H3,(H2,45,47,57)(H2,46,48,58). The van der Waals surface area contributed by atoms with E-state index < -0.39 is 11.9 Å². The van der Waals surface area contributed by atoms with Crippen molar-refractivity contribution in [2.24, 2.45) is 0 Å². The third-order valence-electron chi connectivity index (χ3n) is 8.49. The molecule has 0 bridgehead atoms. The first kappa shape index (κ1) is 43.3. The first-order valence-corrected chi connectivity index (χ1v) is 19.8. The number of hydrogen-bond acceptors (Lipinski definition) is 10. The summed E-state index contributed by atoms with van der Waals surface area (Å²) in [6, 6.07) is 19.5. The summed E-state index contributed by atoms with van der Waals surface area (Å²) in [7, 11) is 0. The quantitative estimate of drug-likeness (QED) is 0.0591. The van der Waals surface area contributed by atoms with Crippen molar-refractivity contribution in [1.29, 1.82) is 0 Å². The van der Waals surface area contributed by atoms with Crippen molar-refractivity contribution in [3.05, 3.63) is 132 Å². The van der Waals surface area contributed by atoms with E-state index in [1.807, 2.05) is 69.4 Å². The number of carbonyl (C=O) groups excluding carboxylic acids is 2. The second-order valence-electron chi connectivity index (χ2n) is 14.0. The molecule has 0 saturated heterocycles. The maximum absolute atomic E-state index is 13.1. The molecule has 0 unspecified atom stereocenters. The molecule has 0 spiro atoms. The van der Waals surface area contributed by atoms with Crippen LogP contribution in [0.5, 0.6) is 23.0 Å². The molecule has 0 aliphatic heterocycles. The summed E-state index contributed by atoms with van der Waals surface area (Å²) >= 11 is 10.6. The van der Waals surface area contributed by atoms with Crippen LogP contribution in [0.3, 0.4) is 0 Å². The van der Waals surface area contributed by atoms with Crippen LogP contribution in [-0.2, 0) is 14.9 Å². The van der Waals surface area contributed by atoms with Gasteiger partial charge in [-0.25, -0.2) is 9.59 Å². The Bertz CT molecular complexity index is 1820. The fourth-order valence-corrected chi connectivity index (χ4v) is 5.92. The van der Waals surface area contributed by atoms with Crippen LogP contribution in [0.25, 0.3) is 0 Å². The molecule has 306 valence electrons. The predicted octanol–water partition coefficient (Wildman–Crippen LogP) is 6.13. The Hall–Kier alpha value is -5.86. The molecule has 3 aromatic carbocycles. The lowest BCUT2D eigenvalue weighted by Crippen LogP contribution is -2.41. The minimum absolute atomic E-state index is 0.00729. The molecule has 2 aliphatic rings. The predicted molar refractivity (Wildman–Crippen MR) is 232 cm³/mol. The van der Waals surface area contributed by atoms with E-state index in [2.05, 4.69) is 21.3 Å². The van der Waals surface area contributed by atoms with E-state index in [1.54, 1.807) is 60.7 Å². The van der Waals surface area contributed by atoms with Crippen LogP contribution >= 0.6 is 24.4 Å². The summed E-state index contributed by atoms with van der Waals surface area (Å²) in [5.74, 6) is 1.42. The van der Waals surface area contributed by atoms with E-state index in [4.69, 9.17) is 52.9 Å². The van der Waals surface area contributed by atoms with Crippen molar-refractivity contribution in [2.45, 2.75) is 38.3 Å². The number of benzene rings is 3. The van der Waals surface area contributed by atoms with Gasteiger partial charge in [0.15, 0.2) is 10.2 Å². The number of esters is 2. The molecule has 0 fully saturated rings. The Morgan fingerprint density at radius 2 is 0.879 bits per heavy atom. The fraction of sp³-hybridized carbons (Fsp3) is 0.318. The average molecular weight is 827 g/mol. The number of allylic oxidation sites excluding steroid dienone is 4. The van der Waals surface area contributed by atoms with Gasteiger partial charge in [-0.2, -0.15) is 0 Å². The van der Waals surface area contributed by atoms with E-state index in [-0.39, 0.29) is 55.1 Å². The minimum Gasteiger partial charge on any atom is -0.492 e. The molecular formula is C44H50N4O8S2. The van der Waals surface area contributed by atoms with Gasteiger partial charge in [-0.1, -0.05) is 69.4 Å². The molecule has 14 heteroatoms. The van der Waals surface area contributed by atoms with Gasteiger partial charge in [0, 0.05) is 0 Å². The van der Waals surface area contributed by atoms with Crippen LogP contribution in [0.1, 0.15) is 47.1 Å². The largest absolute Gasteiger partial charge is 0.492 e. The van der Waals surface area contributed by atoms with Gasteiger partial charge in [-0.05, 0) is 102 Å². The number of rotatable bonds is 20.